The number of carbonyl (C=O) groups is 1. The lowest BCUT2D eigenvalue weighted by Gasteiger charge is -2.22. The van der Waals surface area contributed by atoms with Crippen molar-refractivity contribution in [1.29, 1.82) is 0 Å². The summed E-state index contributed by atoms with van der Waals surface area (Å²) in [7, 11) is -2.22. The number of benzene rings is 2. The number of anilines is 1. The zero-order valence-electron chi connectivity index (χ0n) is 15.3. The van der Waals surface area contributed by atoms with E-state index in [4.69, 9.17) is 11.6 Å². The van der Waals surface area contributed by atoms with Gasteiger partial charge >= 0.3 is 0 Å². The number of amides is 1. The summed E-state index contributed by atoms with van der Waals surface area (Å²) < 4.78 is 26.8. The van der Waals surface area contributed by atoms with Gasteiger partial charge in [0, 0.05) is 24.2 Å². The Morgan fingerprint density at radius 1 is 1.15 bits per heavy atom. The normalized spacial score (nSPS) is 11.5. The van der Waals surface area contributed by atoms with E-state index in [1.54, 1.807) is 25.1 Å². The second kappa shape index (κ2) is 8.10. The third-order valence-corrected chi connectivity index (χ3v) is 5.98. The van der Waals surface area contributed by atoms with Crippen molar-refractivity contribution < 1.29 is 13.2 Å². The molecule has 1 N–H and O–H groups in total. The van der Waals surface area contributed by atoms with Crippen molar-refractivity contribution in [3.05, 3.63) is 58.6 Å². The molecule has 0 bridgehead atoms. The van der Waals surface area contributed by atoms with E-state index in [0.717, 1.165) is 0 Å². The molecule has 0 saturated heterocycles. The Hall–Kier alpha value is -2.05. The number of aryl methyl sites for hydroxylation is 1. The average molecular weight is 395 g/mol. The van der Waals surface area contributed by atoms with Gasteiger partial charge in [-0.25, -0.2) is 8.42 Å². The van der Waals surface area contributed by atoms with Crippen molar-refractivity contribution in [2.24, 2.45) is 5.92 Å². The fraction of sp³-hybridized carbons (Fsp3) is 0.316. The predicted octanol–water partition coefficient (Wildman–Crippen LogP) is 3.86. The van der Waals surface area contributed by atoms with Crippen molar-refractivity contribution in [2.75, 3.05) is 17.9 Å². The van der Waals surface area contributed by atoms with Gasteiger partial charge in [0.1, 0.15) is 0 Å². The number of halogens is 1. The van der Waals surface area contributed by atoms with Crippen LogP contribution in [0.4, 0.5) is 5.69 Å². The minimum absolute atomic E-state index is 0.155. The maximum Gasteiger partial charge on any atom is 0.264 e. The number of nitrogens with one attached hydrogen (secondary N) is 1. The van der Waals surface area contributed by atoms with Crippen molar-refractivity contribution >= 4 is 33.2 Å². The summed E-state index contributed by atoms with van der Waals surface area (Å²) in [6.07, 6.45) is 0. The highest BCUT2D eigenvalue weighted by atomic mass is 35.5. The Labute approximate surface area is 160 Å². The molecular weight excluding hydrogens is 372 g/mol. The number of hydrogen-bond donors (Lipinski definition) is 1. The van der Waals surface area contributed by atoms with Crippen molar-refractivity contribution in [2.45, 2.75) is 25.7 Å². The summed E-state index contributed by atoms with van der Waals surface area (Å²) >= 11 is 5.83. The van der Waals surface area contributed by atoms with E-state index in [2.05, 4.69) is 5.32 Å². The van der Waals surface area contributed by atoms with Crippen LogP contribution in [0, 0.1) is 12.8 Å². The highest BCUT2D eigenvalue weighted by molar-refractivity contribution is 7.92. The highest BCUT2D eigenvalue weighted by Gasteiger charge is 2.23. The number of carbonyl (C=O) groups excluding carboxylic acids is 1. The number of nitrogens with zero attached hydrogens (tertiary/aromatic N) is 1. The zero-order valence-corrected chi connectivity index (χ0v) is 16.9. The molecule has 2 rings (SSSR count). The van der Waals surface area contributed by atoms with E-state index in [9.17, 15) is 13.2 Å². The van der Waals surface area contributed by atoms with Crippen molar-refractivity contribution in [1.82, 2.24) is 5.32 Å². The number of sulfonamides is 1. The minimum atomic E-state index is -3.71. The molecule has 0 heterocycles. The fourth-order valence-electron chi connectivity index (χ4n) is 2.44. The minimum Gasteiger partial charge on any atom is -0.352 e. The summed E-state index contributed by atoms with van der Waals surface area (Å²) in [4.78, 5) is 12.3. The molecule has 0 fully saturated rings. The second-order valence-electron chi connectivity index (χ2n) is 6.53. The quantitative estimate of drug-likeness (QED) is 0.808. The molecule has 0 saturated carbocycles. The first-order valence-electron chi connectivity index (χ1n) is 8.26. The molecule has 0 aliphatic carbocycles. The standard InChI is InChI=1S/C19H23ClN2O3S/c1-13(2)12-21-19(23)15-5-10-18(14(3)11-15)22(4)26(24,25)17-8-6-16(20)7-9-17/h5-11,13H,12H2,1-4H3,(H,21,23). The summed E-state index contributed by atoms with van der Waals surface area (Å²) in [6, 6.07) is 11.0. The van der Waals surface area contributed by atoms with Crippen LogP contribution in [0.1, 0.15) is 29.8 Å². The third kappa shape index (κ3) is 4.56. The maximum atomic E-state index is 12.8. The van der Waals surface area contributed by atoms with Crippen LogP contribution in [0.3, 0.4) is 0 Å². The van der Waals surface area contributed by atoms with Crippen LogP contribution in [-0.2, 0) is 10.0 Å². The maximum absolute atomic E-state index is 12.8. The first-order valence-corrected chi connectivity index (χ1v) is 10.1. The third-order valence-electron chi connectivity index (χ3n) is 3.94. The van der Waals surface area contributed by atoms with E-state index in [1.807, 2.05) is 13.8 Å². The summed E-state index contributed by atoms with van der Waals surface area (Å²) in [5.41, 5.74) is 1.71. The van der Waals surface area contributed by atoms with Gasteiger partial charge in [0.2, 0.25) is 0 Å². The van der Waals surface area contributed by atoms with Crippen LogP contribution in [0.5, 0.6) is 0 Å². The van der Waals surface area contributed by atoms with Gasteiger partial charge in [-0.1, -0.05) is 25.4 Å². The van der Waals surface area contributed by atoms with Gasteiger partial charge in [0.15, 0.2) is 0 Å². The molecule has 26 heavy (non-hydrogen) atoms. The van der Waals surface area contributed by atoms with Gasteiger partial charge < -0.3 is 5.32 Å². The fourth-order valence-corrected chi connectivity index (χ4v) is 3.83. The number of hydrogen-bond acceptors (Lipinski definition) is 3. The average Bonchev–Trinajstić information content (AvgIpc) is 2.59. The van der Waals surface area contributed by atoms with Gasteiger partial charge in [0.25, 0.3) is 15.9 Å². The van der Waals surface area contributed by atoms with Crippen LogP contribution in [0.15, 0.2) is 47.4 Å². The second-order valence-corrected chi connectivity index (χ2v) is 8.94. The zero-order chi connectivity index (χ0) is 19.5. The molecule has 0 aromatic heterocycles. The lowest BCUT2D eigenvalue weighted by molar-refractivity contribution is 0.0949. The van der Waals surface area contributed by atoms with E-state index in [1.165, 1.54) is 35.6 Å². The molecule has 0 atom stereocenters. The molecule has 0 aliphatic rings. The molecule has 5 nitrogen and oxygen atoms in total. The monoisotopic (exact) mass is 394 g/mol. The van der Waals surface area contributed by atoms with Crippen LogP contribution in [-0.4, -0.2) is 27.9 Å². The van der Waals surface area contributed by atoms with Crippen LogP contribution in [0.25, 0.3) is 0 Å². The smallest absolute Gasteiger partial charge is 0.264 e. The van der Waals surface area contributed by atoms with Gasteiger partial charge in [-0.15, -0.1) is 0 Å². The van der Waals surface area contributed by atoms with Crippen LogP contribution < -0.4 is 9.62 Å². The summed E-state index contributed by atoms with van der Waals surface area (Å²) in [5, 5.41) is 3.32. The molecule has 140 valence electrons. The highest BCUT2D eigenvalue weighted by Crippen LogP contribution is 2.26. The molecule has 0 aliphatic heterocycles. The Kier molecular flexibility index (Phi) is 6.31. The lowest BCUT2D eigenvalue weighted by Crippen LogP contribution is -2.29. The molecule has 2 aromatic carbocycles. The van der Waals surface area contributed by atoms with Crippen LogP contribution >= 0.6 is 11.6 Å². The first-order chi connectivity index (χ1) is 12.1. The van der Waals surface area contributed by atoms with Crippen molar-refractivity contribution in [3.8, 4) is 0 Å². The Bertz CT molecular complexity index is 894. The predicted molar refractivity (Wildman–Crippen MR) is 105 cm³/mol. The Balaban J connectivity index is 2.28. The molecule has 0 radical (unpaired) electrons. The van der Waals surface area contributed by atoms with Gasteiger partial charge in [-0.05, 0) is 60.9 Å². The van der Waals surface area contributed by atoms with E-state index < -0.39 is 10.0 Å². The SMILES string of the molecule is Cc1cc(C(=O)NCC(C)C)ccc1N(C)S(=O)(=O)c1ccc(Cl)cc1. The van der Waals surface area contributed by atoms with Gasteiger partial charge in [0.05, 0.1) is 10.6 Å². The van der Waals surface area contributed by atoms with E-state index in [-0.39, 0.29) is 10.8 Å². The Morgan fingerprint density at radius 3 is 2.31 bits per heavy atom. The van der Waals surface area contributed by atoms with Gasteiger partial charge in [-0.2, -0.15) is 0 Å². The van der Waals surface area contributed by atoms with E-state index in [0.29, 0.717) is 34.3 Å². The number of rotatable bonds is 6. The van der Waals surface area contributed by atoms with Gasteiger partial charge in [-0.3, -0.25) is 9.10 Å². The van der Waals surface area contributed by atoms with Crippen molar-refractivity contribution in [3.63, 3.8) is 0 Å². The van der Waals surface area contributed by atoms with E-state index >= 15 is 0 Å². The molecule has 1 amide bonds. The summed E-state index contributed by atoms with van der Waals surface area (Å²) in [6.45, 7) is 6.41. The molecule has 7 heteroatoms. The first kappa shape index (κ1) is 20.3. The molecule has 0 spiro atoms. The molecular formula is C19H23ClN2O3S. The Morgan fingerprint density at radius 2 is 1.77 bits per heavy atom. The van der Waals surface area contributed by atoms with Crippen LogP contribution in [0.2, 0.25) is 5.02 Å². The molecule has 2 aromatic rings. The topological polar surface area (TPSA) is 66.5 Å². The largest absolute Gasteiger partial charge is 0.352 e. The molecule has 0 unspecified atom stereocenters. The summed E-state index contributed by atoms with van der Waals surface area (Å²) in [5.74, 6) is 0.187. The lowest BCUT2D eigenvalue weighted by atomic mass is 10.1.